The first-order valence-electron chi connectivity index (χ1n) is 5.66. The van der Waals surface area contributed by atoms with Crippen LogP contribution in [0.5, 0.6) is 0 Å². The average molecular weight is 223 g/mol. The molecule has 0 amide bonds. The topological polar surface area (TPSA) is 12.0 Å². The maximum Gasteiger partial charge on any atom is 0.390 e. The van der Waals surface area contributed by atoms with Crippen LogP contribution in [0.1, 0.15) is 39.0 Å². The van der Waals surface area contributed by atoms with Gasteiger partial charge in [0.2, 0.25) is 0 Å². The Balaban J connectivity index is 2.44. The van der Waals surface area contributed by atoms with E-state index in [-0.39, 0.29) is 5.92 Å². The Hall–Kier alpha value is -0.250. The van der Waals surface area contributed by atoms with Gasteiger partial charge in [-0.2, -0.15) is 13.2 Å². The minimum Gasteiger partial charge on any atom is -0.316 e. The normalized spacial score (nSPS) is 30.2. The molecule has 1 rings (SSSR count). The molecule has 90 valence electrons. The minimum atomic E-state index is -4.04. The summed E-state index contributed by atoms with van der Waals surface area (Å²) in [4.78, 5) is 0. The molecule has 0 bridgehead atoms. The summed E-state index contributed by atoms with van der Waals surface area (Å²) in [5, 5.41) is 2.82. The number of rotatable bonds is 3. The SMILES string of the molecule is CNC(CC(F)(F)F)C1CCC(C)CC1. The van der Waals surface area contributed by atoms with Crippen LogP contribution in [0.15, 0.2) is 0 Å². The van der Waals surface area contributed by atoms with Gasteiger partial charge in [-0.15, -0.1) is 0 Å². The van der Waals surface area contributed by atoms with Crippen LogP contribution in [-0.4, -0.2) is 19.3 Å². The zero-order chi connectivity index (χ0) is 11.5. The first-order chi connectivity index (χ1) is 6.92. The monoisotopic (exact) mass is 223 g/mol. The van der Waals surface area contributed by atoms with Crippen LogP contribution in [-0.2, 0) is 0 Å². The Kier molecular flexibility index (Phi) is 4.44. The lowest BCUT2D eigenvalue weighted by Crippen LogP contribution is -2.39. The van der Waals surface area contributed by atoms with Crippen LogP contribution in [0.25, 0.3) is 0 Å². The Morgan fingerprint density at radius 3 is 2.13 bits per heavy atom. The van der Waals surface area contributed by atoms with Crippen LogP contribution >= 0.6 is 0 Å². The van der Waals surface area contributed by atoms with E-state index in [0.29, 0.717) is 5.92 Å². The van der Waals surface area contributed by atoms with Crippen molar-refractivity contribution in [3.8, 4) is 0 Å². The summed E-state index contributed by atoms with van der Waals surface area (Å²) >= 11 is 0. The smallest absolute Gasteiger partial charge is 0.316 e. The highest BCUT2D eigenvalue weighted by Crippen LogP contribution is 2.34. The summed E-state index contributed by atoms with van der Waals surface area (Å²) in [6.45, 7) is 2.17. The molecule has 0 aromatic rings. The van der Waals surface area contributed by atoms with Gasteiger partial charge in [-0.25, -0.2) is 0 Å². The van der Waals surface area contributed by atoms with Gasteiger partial charge in [0, 0.05) is 6.04 Å². The van der Waals surface area contributed by atoms with Crippen molar-refractivity contribution in [2.45, 2.75) is 51.2 Å². The largest absolute Gasteiger partial charge is 0.390 e. The molecular formula is C11H20F3N. The molecule has 0 aromatic carbocycles. The van der Waals surface area contributed by atoms with Crippen molar-refractivity contribution < 1.29 is 13.2 Å². The van der Waals surface area contributed by atoms with E-state index in [2.05, 4.69) is 12.2 Å². The molecule has 1 nitrogen and oxygen atoms in total. The molecule has 1 fully saturated rings. The molecule has 1 unspecified atom stereocenters. The summed E-state index contributed by atoms with van der Waals surface area (Å²) in [5.74, 6) is 0.887. The van der Waals surface area contributed by atoms with Gasteiger partial charge in [0.25, 0.3) is 0 Å². The van der Waals surface area contributed by atoms with Crippen LogP contribution in [0, 0.1) is 11.8 Å². The molecule has 0 saturated heterocycles. The lowest BCUT2D eigenvalue weighted by Gasteiger charge is -2.33. The predicted octanol–water partition coefficient (Wildman–Crippen LogP) is 3.35. The van der Waals surface area contributed by atoms with Gasteiger partial charge in [0.1, 0.15) is 0 Å². The molecule has 0 radical (unpaired) electrons. The second-order valence-electron chi connectivity index (χ2n) is 4.73. The summed E-state index contributed by atoms with van der Waals surface area (Å²) < 4.78 is 36.9. The van der Waals surface area contributed by atoms with Gasteiger partial charge in [0.05, 0.1) is 6.42 Å². The molecule has 4 heteroatoms. The highest BCUT2D eigenvalue weighted by molar-refractivity contribution is 4.81. The fourth-order valence-corrected chi connectivity index (χ4v) is 2.44. The summed E-state index contributed by atoms with van der Waals surface area (Å²) in [6.07, 6.45) is -0.730. The third-order valence-corrected chi connectivity index (χ3v) is 3.45. The average Bonchev–Trinajstić information content (AvgIpc) is 2.14. The van der Waals surface area contributed by atoms with E-state index in [0.717, 1.165) is 25.7 Å². The van der Waals surface area contributed by atoms with Crippen LogP contribution in [0.3, 0.4) is 0 Å². The second kappa shape index (κ2) is 5.19. The number of hydrogen-bond acceptors (Lipinski definition) is 1. The minimum absolute atomic E-state index is 0.202. The van der Waals surface area contributed by atoms with E-state index in [1.54, 1.807) is 7.05 Å². The first-order valence-corrected chi connectivity index (χ1v) is 5.66. The summed E-state index contributed by atoms with van der Waals surface area (Å²) in [5.41, 5.74) is 0. The molecule has 1 aliphatic rings. The van der Waals surface area contributed by atoms with Crippen molar-refractivity contribution >= 4 is 0 Å². The van der Waals surface area contributed by atoms with E-state index in [4.69, 9.17) is 0 Å². The zero-order valence-corrected chi connectivity index (χ0v) is 9.40. The Morgan fingerprint density at radius 1 is 1.20 bits per heavy atom. The van der Waals surface area contributed by atoms with E-state index in [1.807, 2.05) is 0 Å². The molecule has 0 spiro atoms. The van der Waals surface area contributed by atoms with Crippen molar-refractivity contribution in [2.75, 3.05) is 7.05 Å². The maximum absolute atomic E-state index is 12.3. The molecule has 1 saturated carbocycles. The molecular weight excluding hydrogens is 203 g/mol. The second-order valence-corrected chi connectivity index (χ2v) is 4.73. The van der Waals surface area contributed by atoms with Crippen molar-refractivity contribution in [1.29, 1.82) is 0 Å². The summed E-state index contributed by atoms with van der Waals surface area (Å²) in [7, 11) is 1.63. The van der Waals surface area contributed by atoms with Crippen LogP contribution in [0.2, 0.25) is 0 Å². The number of halogens is 3. The van der Waals surface area contributed by atoms with Crippen molar-refractivity contribution in [2.24, 2.45) is 11.8 Å². The zero-order valence-electron chi connectivity index (χ0n) is 9.40. The van der Waals surface area contributed by atoms with E-state index in [1.165, 1.54) is 0 Å². The first kappa shape index (κ1) is 12.8. The predicted molar refractivity (Wildman–Crippen MR) is 54.6 cm³/mol. The molecule has 0 aliphatic heterocycles. The van der Waals surface area contributed by atoms with E-state index >= 15 is 0 Å². The van der Waals surface area contributed by atoms with Crippen LogP contribution in [0.4, 0.5) is 13.2 Å². The number of hydrogen-bond donors (Lipinski definition) is 1. The molecule has 0 heterocycles. The van der Waals surface area contributed by atoms with Crippen molar-refractivity contribution in [1.82, 2.24) is 5.32 Å². The molecule has 1 aliphatic carbocycles. The van der Waals surface area contributed by atoms with Crippen molar-refractivity contribution in [3.05, 3.63) is 0 Å². The van der Waals surface area contributed by atoms with Gasteiger partial charge in [0.15, 0.2) is 0 Å². The fraction of sp³-hybridized carbons (Fsp3) is 1.00. The maximum atomic E-state index is 12.3. The van der Waals surface area contributed by atoms with E-state index in [9.17, 15) is 13.2 Å². The fourth-order valence-electron chi connectivity index (χ4n) is 2.44. The Morgan fingerprint density at radius 2 is 1.73 bits per heavy atom. The lowest BCUT2D eigenvalue weighted by atomic mass is 9.78. The van der Waals surface area contributed by atoms with Gasteiger partial charge in [-0.05, 0) is 31.7 Å². The van der Waals surface area contributed by atoms with Gasteiger partial charge in [-0.1, -0.05) is 19.8 Å². The Bertz CT molecular complexity index is 183. The number of alkyl halides is 3. The van der Waals surface area contributed by atoms with Crippen LogP contribution < -0.4 is 5.32 Å². The lowest BCUT2D eigenvalue weighted by molar-refractivity contribution is -0.143. The number of nitrogens with one attached hydrogen (secondary N) is 1. The van der Waals surface area contributed by atoms with Gasteiger partial charge in [-0.3, -0.25) is 0 Å². The third kappa shape index (κ3) is 4.41. The van der Waals surface area contributed by atoms with Crippen molar-refractivity contribution in [3.63, 3.8) is 0 Å². The molecule has 15 heavy (non-hydrogen) atoms. The van der Waals surface area contributed by atoms with Gasteiger partial charge < -0.3 is 5.32 Å². The summed E-state index contributed by atoms with van der Waals surface area (Å²) in [6, 6.07) is -0.391. The standard InChI is InChI=1S/C11H20F3N/c1-8-3-5-9(6-4-8)10(15-2)7-11(12,13)14/h8-10,15H,3-7H2,1-2H3. The molecule has 1 atom stereocenters. The van der Waals surface area contributed by atoms with E-state index < -0.39 is 18.6 Å². The molecule has 0 aromatic heterocycles. The Labute approximate surface area is 89.4 Å². The highest BCUT2D eigenvalue weighted by atomic mass is 19.4. The third-order valence-electron chi connectivity index (χ3n) is 3.45. The quantitative estimate of drug-likeness (QED) is 0.773. The molecule has 1 N–H and O–H groups in total. The highest BCUT2D eigenvalue weighted by Gasteiger charge is 2.35. The van der Waals surface area contributed by atoms with Gasteiger partial charge >= 0.3 is 6.18 Å².